The van der Waals surface area contributed by atoms with Crippen molar-refractivity contribution in [2.45, 2.75) is 25.8 Å². The standard InChI is InChI=1S/C19H22N4O4/c1-12-18(20-11-27-12)19-21-17(22-23(19)14-6-7-26-10-14)9-13-4-5-15(24-2)16(8-13)25-3/h4-5,8,11,14H,6-7,9-10H2,1-3H3. The first-order valence-corrected chi connectivity index (χ1v) is 8.84. The van der Waals surface area contributed by atoms with E-state index < -0.39 is 0 Å². The van der Waals surface area contributed by atoms with Gasteiger partial charge in [-0.3, -0.25) is 0 Å². The van der Waals surface area contributed by atoms with Gasteiger partial charge in [0, 0.05) is 13.0 Å². The molecule has 1 aliphatic rings. The molecule has 27 heavy (non-hydrogen) atoms. The third-order valence-electron chi connectivity index (χ3n) is 4.69. The minimum Gasteiger partial charge on any atom is -0.493 e. The summed E-state index contributed by atoms with van der Waals surface area (Å²) in [4.78, 5) is 9.07. The molecule has 1 fully saturated rings. The average Bonchev–Trinajstić information content (AvgIpc) is 3.42. The molecule has 4 rings (SSSR count). The van der Waals surface area contributed by atoms with Crippen molar-refractivity contribution in [1.82, 2.24) is 19.7 Å². The molecular weight excluding hydrogens is 348 g/mol. The Morgan fingerprint density at radius 1 is 1.22 bits per heavy atom. The van der Waals surface area contributed by atoms with E-state index in [1.165, 1.54) is 6.39 Å². The zero-order valence-electron chi connectivity index (χ0n) is 15.6. The number of aromatic nitrogens is 4. The molecule has 2 aromatic heterocycles. The summed E-state index contributed by atoms with van der Waals surface area (Å²) in [5.74, 6) is 3.53. The molecule has 8 nitrogen and oxygen atoms in total. The lowest BCUT2D eigenvalue weighted by molar-refractivity contribution is 0.184. The van der Waals surface area contributed by atoms with Gasteiger partial charge in [-0.2, -0.15) is 5.10 Å². The average molecular weight is 370 g/mol. The second kappa shape index (κ2) is 7.40. The Morgan fingerprint density at radius 3 is 2.74 bits per heavy atom. The van der Waals surface area contributed by atoms with Gasteiger partial charge in [0.2, 0.25) is 0 Å². The predicted molar refractivity (Wildman–Crippen MR) is 97.1 cm³/mol. The van der Waals surface area contributed by atoms with Crippen LogP contribution in [0.4, 0.5) is 0 Å². The summed E-state index contributed by atoms with van der Waals surface area (Å²) in [5.41, 5.74) is 1.75. The molecule has 3 aromatic rings. The molecule has 0 bridgehead atoms. The highest BCUT2D eigenvalue weighted by Crippen LogP contribution is 2.30. The Hall–Kier alpha value is -2.87. The van der Waals surface area contributed by atoms with E-state index in [0.717, 1.165) is 24.4 Å². The monoisotopic (exact) mass is 370 g/mol. The molecule has 0 N–H and O–H groups in total. The lowest BCUT2D eigenvalue weighted by atomic mass is 10.1. The molecule has 0 radical (unpaired) electrons. The highest BCUT2D eigenvalue weighted by atomic mass is 16.5. The van der Waals surface area contributed by atoms with Gasteiger partial charge in [0.25, 0.3) is 0 Å². The first kappa shape index (κ1) is 17.5. The summed E-state index contributed by atoms with van der Waals surface area (Å²) in [6.45, 7) is 3.23. The first-order chi connectivity index (χ1) is 13.2. The normalized spacial score (nSPS) is 16.6. The van der Waals surface area contributed by atoms with Crippen molar-refractivity contribution in [3.05, 3.63) is 41.7 Å². The van der Waals surface area contributed by atoms with Crippen molar-refractivity contribution in [2.24, 2.45) is 0 Å². The fourth-order valence-electron chi connectivity index (χ4n) is 3.27. The maximum atomic E-state index is 5.53. The number of rotatable bonds is 6. The molecule has 0 spiro atoms. The van der Waals surface area contributed by atoms with Gasteiger partial charge < -0.3 is 18.6 Å². The number of methoxy groups -OCH3 is 2. The van der Waals surface area contributed by atoms with E-state index in [-0.39, 0.29) is 6.04 Å². The van der Waals surface area contributed by atoms with Crippen molar-refractivity contribution in [3.8, 4) is 23.0 Å². The summed E-state index contributed by atoms with van der Waals surface area (Å²) < 4.78 is 23.5. The Labute approximate surface area is 157 Å². The van der Waals surface area contributed by atoms with Crippen molar-refractivity contribution in [2.75, 3.05) is 27.4 Å². The number of aryl methyl sites for hydroxylation is 1. The second-order valence-corrected chi connectivity index (χ2v) is 6.44. The van der Waals surface area contributed by atoms with Crippen LogP contribution in [0.5, 0.6) is 11.5 Å². The van der Waals surface area contributed by atoms with Crippen LogP contribution >= 0.6 is 0 Å². The number of ether oxygens (including phenoxy) is 3. The predicted octanol–water partition coefficient (Wildman–Crippen LogP) is 2.81. The van der Waals surface area contributed by atoms with Gasteiger partial charge in [0.15, 0.2) is 29.5 Å². The maximum Gasteiger partial charge on any atom is 0.181 e. The minimum absolute atomic E-state index is 0.155. The van der Waals surface area contributed by atoms with Gasteiger partial charge in [-0.1, -0.05) is 6.07 Å². The lowest BCUT2D eigenvalue weighted by Gasteiger charge is -2.10. The Morgan fingerprint density at radius 2 is 2.07 bits per heavy atom. The van der Waals surface area contributed by atoms with E-state index in [0.29, 0.717) is 41.9 Å². The fraction of sp³-hybridized carbons (Fsp3) is 0.421. The largest absolute Gasteiger partial charge is 0.493 e. The van der Waals surface area contributed by atoms with Gasteiger partial charge in [-0.25, -0.2) is 14.6 Å². The zero-order chi connectivity index (χ0) is 18.8. The van der Waals surface area contributed by atoms with Crippen molar-refractivity contribution >= 4 is 0 Å². The number of oxazole rings is 1. The van der Waals surface area contributed by atoms with Gasteiger partial charge >= 0.3 is 0 Å². The highest BCUT2D eigenvalue weighted by Gasteiger charge is 2.26. The number of hydrogen-bond donors (Lipinski definition) is 0. The number of hydrogen-bond acceptors (Lipinski definition) is 7. The molecule has 142 valence electrons. The van der Waals surface area contributed by atoms with Crippen LogP contribution < -0.4 is 9.47 Å². The van der Waals surface area contributed by atoms with E-state index in [1.807, 2.05) is 29.8 Å². The molecule has 1 unspecified atom stereocenters. The van der Waals surface area contributed by atoms with Crippen LogP contribution in [0, 0.1) is 6.92 Å². The molecule has 3 heterocycles. The molecule has 1 aliphatic heterocycles. The minimum atomic E-state index is 0.155. The van der Waals surface area contributed by atoms with E-state index >= 15 is 0 Å². The summed E-state index contributed by atoms with van der Waals surface area (Å²) in [5, 5.41) is 4.75. The van der Waals surface area contributed by atoms with Crippen LogP contribution in [-0.2, 0) is 11.2 Å². The first-order valence-electron chi connectivity index (χ1n) is 8.84. The van der Waals surface area contributed by atoms with Crippen molar-refractivity contribution < 1.29 is 18.6 Å². The van der Waals surface area contributed by atoms with Gasteiger partial charge in [-0.15, -0.1) is 0 Å². The van der Waals surface area contributed by atoms with Crippen LogP contribution in [0.15, 0.2) is 29.0 Å². The summed E-state index contributed by atoms with van der Waals surface area (Å²) >= 11 is 0. The number of nitrogens with zero attached hydrogens (tertiary/aromatic N) is 4. The Balaban J connectivity index is 1.68. The van der Waals surface area contributed by atoms with Crippen LogP contribution in [0.1, 0.15) is 29.6 Å². The van der Waals surface area contributed by atoms with E-state index in [9.17, 15) is 0 Å². The molecule has 1 atom stereocenters. The molecule has 0 aliphatic carbocycles. The fourth-order valence-corrected chi connectivity index (χ4v) is 3.27. The topological polar surface area (TPSA) is 84.4 Å². The Kier molecular flexibility index (Phi) is 4.81. The maximum absolute atomic E-state index is 5.53. The van der Waals surface area contributed by atoms with Crippen LogP contribution in [0.3, 0.4) is 0 Å². The third kappa shape index (κ3) is 3.40. The van der Waals surface area contributed by atoms with Crippen molar-refractivity contribution in [3.63, 3.8) is 0 Å². The molecule has 8 heteroatoms. The summed E-state index contributed by atoms with van der Waals surface area (Å²) in [6, 6.07) is 5.97. The summed E-state index contributed by atoms with van der Waals surface area (Å²) in [6.07, 6.45) is 2.91. The molecule has 0 saturated carbocycles. The lowest BCUT2D eigenvalue weighted by Crippen LogP contribution is -2.12. The van der Waals surface area contributed by atoms with Gasteiger partial charge in [-0.05, 0) is 31.0 Å². The zero-order valence-corrected chi connectivity index (χ0v) is 15.6. The molecule has 0 amide bonds. The van der Waals surface area contributed by atoms with Crippen molar-refractivity contribution in [1.29, 1.82) is 0 Å². The van der Waals surface area contributed by atoms with E-state index in [2.05, 4.69) is 4.98 Å². The molecule has 1 aromatic carbocycles. The third-order valence-corrected chi connectivity index (χ3v) is 4.69. The number of benzene rings is 1. The van der Waals surface area contributed by atoms with E-state index in [1.54, 1.807) is 14.2 Å². The van der Waals surface area contributed by atoms with E-state index in [4.69, 9.17) is 28.7 Å². The van der Waals surface area contributed by atoms with Crippen LogP contribution in [0.2, 0.25) is 0 Å². The van der Waals surface area contributed by atoms with Gasteiger partial charge in [0.05, 0.1) is 26.9 Å². The molecule has 1 saturated heterocycles. The SMILES string of the molecule is COc1ccc(Cc2nc(-c3ncoc3C)n(C3CCOC3)n2)cc1OC. The van der Waals surface area contributed by atoms with Crippen LogP contribution in [-0.4, -0.2) is 47.2 Å². The molecular formula is C19H22N4O4. The summed E-state index contributed by atoms with van der Waals surface area (Å²) in [7, 11) is 3.25. The van der Waals surface area contributed by atoms with Crippen LogP contribution in [0.25, 0.3) is 11.5 Å². The smallest absolute Gasteiger partial charge is 0.181 e. The Bertz CT molecular complexity index is 928. The highest BCUT2D eigenvalue weighted by molar-refractivity contribution is 5.52. The second-order valence-electron chi connectivity index (χ2n) is 6.44. The van der Waals surface area contributed by atoms with Gasteiger partial charge in [0.1, 0.15) is 11.5 Å². The quantitative estimate of drug-likeness (QED) is 0.659.